The van der Waals surface area contributed by atoms with Crippen molar-refractivity contribution < 1.29 is 4.92 Å². The van der Waals surface area contributed by atoms with Gasteiger partial charge in [-0.05, 0) is 41.8 Å². The number of benzene rings is 2. The number of non-ortho nitro benzene ring substituents is 1. The highest BCUT2D eigenvalue weighted by Crippen LogP contribution is 2.32. The van der Waals surface area contributed by atoms with Crippen LogP contribution in [0.3, 0.4) is 0 Å². The molecule has 0 aliphatic heterocycles. The molecule has 34 heavy (non-hydrogen) atoms. The van der Waals surface area contributed by atoms with Crippen LogP contribution in [0.25, 0.3) is 33.1 Å². The quantitative estimate of drug-likeness (QED) is 0.240. The third-order valence-electron chi connectivity index (χ3n) is 6.94. The number of nitro groups is 1. The maximum Gasteiger partial charge on any atom is 0.272 e. The number of aromatic nitrogens is 6. The number of fused-ring (bicyclic) bond motifs is 2. The van der Waals surface area contributed by atoms with Gasteiger partial charge in [-0.15, -0.1) is 5.10 Å². The summed E-state index contributed by atoms with van der Waals surface area (Å²) in [5.41, 5.74) is 5.33. The van der Waals surface area contributed by atoms with E-state index in [2.05, 4.69) is 49.8 Å². The summed E-state index contributed by atoms with van der Waals surface area (Å²) in [6.45, 7) is 0.558. The number of rotatable bonds is 8. The van der Waals surface area contributed by atoms with Crippen LogP contribution in [-0.2, 0) is 13.0 Å². The van der Waals surface area contributed by atoms with E-state index in [1.54, 1.807) is 10.9 Å². The average Bonchev–Trinajstić information content (AvgIpc) is 3.53. The van der Waals surface area contributed by atoms with Gasteiger partial charge < -0.3 is 4.98 Å². The number of hydrogen-bond acceptors (Lipinski definition) is 5. The Hall–Kier alpha value is -4.01. The fourth-order valence-corrected chi connectivity index (χ4v) is 4.87. The minimum atomic E-state index is -0.415. The van der Waals surface area contributed by atoms with Gasteiger partial charge in [-0.1, -0.05) is 43.0 Å². The van der Waals surface area contributed by atoms with Crippen molar-refractivity contribution in [2.45, 2.75) is 45.1 Å². The van der Waals surface area contributed by atoms with Gasteiger partial charge in [-0.2, -0.15) is 5.10 Å². The molecule has 3 aromatic heterocycles. The number of nitrogens with zero attached hydrogens (tertiary/aromatic N) is 5. The monoisotopic (exact) mass is 455 g/mol. The Bertz CT molecular complexity index is 1490. The molecule has 0 saturated heterocycles. The number of aryl methyl sites for hydroxylation is 1. The minimum Gasteiger partial charge on any atom is -0.358 e. The molecule has 1 aliphatic carbocycles. The van der Waals surface area contributed by atoms with Gasteiger partial charge in [0.05, 0.1) is 29.4 Å². The van der Waals surface area contributed by atoms with Gasteiger partial charge >= 0.3 is 0 Å². The van der Waals surface area contributed by atoms with E-state index < -0.39 is 4.92 Å². The number of nitrogens with one attached hydrogen (secondary N) is 2. The van der Waals surface area contributed by atoms with E-state index in [4.69, 9.17) is 0 Å². The third-order valence-corrected chi connectivity index (χ3v) is 6.94. The molecule has 5 aromatic rings. The molecule has 0 unspecified atom stereocenters. The highest BCUT2D eigenvalue weighted by atomic mass is 16.6. The second kappa shape index (κ2) is 8.40. The second-order valence-electron chi connectivity index (χ2n) is 9.29. The van der Waals surface area contributed by atoms with Crippen molar-refractivity contribution in [1.82, 2.24) is 30.2 Å². The van der Waals surface area contributed by atoms with Crippen LogP contribution in [-0.4, -0.2) is 35.1 Å². The Morgan fingerprint density at radius 3 is 2.88 bits per heavy atom. The predicted octanol–water partition coefficient (Wildman–Crippen LogP) is 5.38. The molecule has 0 spiro atoms. The molecule has 9 nitrogen and oxygen atoms in total. The first-order chi connectivity index (χ1) is 16.6. The first-order valence-corrected chi connectivity index (χ1v) is 11.7. The van der Waals surface area contributed by atoms with Gasteiger partial charge in [0, 0.05) is 34.3 Å². The molecule has 0 atom stereocenters. The fourth-order valence-electron chi connectivity index (χ4n) is 4.87. The van der Waals surface area contributed by atoms with Crippen LogP contribution in [0.1, 0.15) is 43.4 Å². The zero-order valence-corrected chi connectivity index (χ0v) is 18.7. The van der Waals surface area contributed by atoms with Gasteiger partial charge in [-0.25, -0.2) is 4.68 Å². The highest BCUT2D eigenvalue weighted by molar-refractivity contribution is 5.95. The molecule has 1 fully saturated rings. The van der Waals surface area contributed by atoms with Crippen molar-refractivity contribution >= 4 is 27.5 Å². The molecule has 172 valence electrons. The van der Waals surface area contributed by atoms with Gasteiger partial charge in [0.2, 0.25) is 0 Å². The number of aromatic amines is 2. The van der Waals surface area contributed by atoms with Crippen LogP contribution in [0.2, 0.25) is 0 Å². The van der Waals surface area contributed by atoms with Crippen molar-refractivity contribution in [2.24, 2.45) is 5.92 Å². The molecular formula is C25H25N7O2. The Morgan fingerprint density at radius 1 is 1.15 bits per heavy atom. The summed E-state index contributed by atoms with van der Waals surface area (Å²) >= 11 is 0. The molecule has 2 aromatic carbocycles. The molecule has 2 N–H and O–H groups in total. The summed E-state index contributed by atoms with van der Waals surface area (Å²) < 4.78 is 1.75. The van der Waals surface area contributed by atoms with E-state index in [0.29, 0.717) is 23.3 Å². The lowest BCUT2D eigenvalue weighted by Gasteiger charge is -2.24. The molecule has 6 rings (SSSR count). The molecular weight excluding hydrogens is 430 g/mol. The van der Waals surface area contributed by atoms with Crippen LogP contribution in [0, 0.1) is 16.0 Å². The van der Waals surface area contributed by atoms with Crippen LogP contribution in [0.5, 0.6) is 0 Å². The summed E-state index contributed by atoms with van der Waals surface area (Å²) in [4.78, 5) is 14.5. The third kappa shape index (κ3) is 3.93. The maximum absolute atomic E-state index is 11.3. The zero-order chi connectivity index (χ0) is 23.1. The average molecular weight is 456 g/mol. The first kappa shape index (κ1) is 20.6. The summed E-state index contributed by atoms with van der Waals surface area (Å²) in [5.74, 6) is 0.954. The Balaban J connectivity index is 1.20. The normalized spacial score (nSPS) is 14.1. The lowest BCUT2D eigenvalue weighted by atomic mass is 9.82. The SMILES string of the molecule is O=[N+]([O-])c1cc(-c2cn(Cc3ccc4cc(CCCC5CCC5)[nH]c4c3)nn2)c2cn[nH]c2c1. The maximum atomic E-state index is 11.3. The molecule has 1 aliphatic rings. The lowest BCUT2D eigenvalue weighted by Crippen LogP contribution is -2.10. The van der Waals surface area contributed by atoms with Crippen molar-refractivity contribution in [1.29, 1.82) is 0 Å². The predicted molar refractivity (Wildman–Crippen MR) is 129 cm³/mol. The molecule has 1 saturated carbocycles. The van der Waals surface area contributed by atoms with Crippen LogP contribution in [0.15, 0.2) is 48.8 Å². The van der Waals surface area contributed by atoms with E-state index in [-0.39, 0.29) is 5.69 Å². The summed E-state index contributed by atoms with van der Waals surface area (Å²) in [7, 11) is 0. The summed E-state index contributed by atoms with van der Waals surface area (Å²) in [6.07, 6.45) is 11.4. The van der Waals surface area contributed by atoms with E-state index >= 15 is 0 Å². The molecule has 3 heterocycles. The fraction of sp³-hybridized carbons (Fsp3) is 0.320. The second-order valence-corrected chi connectivity index (χ2v) is 9.29. The smallest absolute Gasteiger partial charge is 0.272 e. The minimum absolute atomic E-state index is 0.0120. The standard InChI is InChI=1S/C25H25N7O2/c33-32(34)20-11-21(22-13-26-28-24(22)12-20)25-15-31(30-29-25)14-17-7-8-18-10-19(27-23(18)9-17)6-2-5-16-3-1-4-16/h7-13,15-16,27H,1-6,14H2,(H,26,28). The van der Waals surface area contributed by atoms with Gasteiger partial charge in [0.1, 0.15) is 5.69 Å². The van der Waals surface area contributed by atoms with Crippen LogP contribution in [0.4, 0.5) is 5.69 Å². The summed E-state index contributed by atoms with van der Waals surface area (Å²) in [5, 5.41) is 28.7. The topological polar surface area (TPSA) is 118 Å². The molecule has 0 radical (unpaired) electrons. The van der Waals surface area contributed by atoms with Gasteiger partial charge in [-0.3, -0.25) is 15.2 Å². The van der Waals surface area contributed by atoms with E-state index in [9.17, 15) is 10.1 Å². The largest absolute Gasteiger partial charge is 0.358 e. The number of nitro benzene ring substituents is 1. The Kier molecular flexibility index (Phi) is 5.09. The van der Waals surface area contributed by atoms with Crippen molar-refractivity contribution in [3.8, 4) is 11.3 Å². The number of H-pyrrole nitrogens is 2. The van der Waals surface area contributed by atoms with E-state index in [1.807, 2.05) is 6.20 Å². The van der Waals surface area contributed by atoms with E-state index in [1.165, 1.54) is 55.3 Å². The zero-order valence-electron chi connectivity index (χ0n) is 18.7. The Morgan fingerprint density at radius 2 is 2.06 bits per heavy atom. The Labute approximate surface area is 195 Å². The molecule has 9 heteroatoms. The van der Waals surface area contributed by atoms with Crippen LogP contribution >= 0.6 is 0 Å². The lowest BCUT2D eigenvalue weighted by molar-refractivity contribution is -0.384. The highest BCUT2D eigenvalue weighted by Gasteiger charge is 2.18. The first-order valence-electron chi connectivity index (χ1n) is 11.7. The van der Waals surface area contributed by atoms with Crippen molar-refractivity contribution in [3.63, 3.8) is 0 Å². The van der Waals surface area contributed by atoms with Gasteiger partial charge in [0.25, 0.3) is 5.69 Å². The van der Waals surface area contributed by atoms with Crippen molar-refractivity contribution in [2.75, 3.05) is 0 Å². The van der Waals surface area contributed by atoms with Crippen molar-refractivity contribution in [3.05, 3.63) is 70.2 Å². The molecule has 0 bridgehead atoms. The van der Waals surface area contributed by atoms with Crippen LogP contribution < -0.4 is 0 Å². The molecule has 0 amide bonds. The summed E-state index contributed by atoms with van der Waals surface area (Å²) in [6, 6.07) is 11.7. The number of hydrogen-bond donors (Lipinski definition) is 2. The van der Waals surface area contributed by atoms with E-state index in [0.717, 1.165) is 28.8 Å². The van der Waals surface area contributed by atoms with Gasteiger partial charge in [0.15, 0.2) is 0 Å².